The van der Waals surface area contributed by atoms with Gasteiger partial charge in [0.2, 0.25) is 0 Å². The van der Waals surface area contributed by atoms with Gasteiger partial charge in [-0.3, -0.25) is 0 Å². The molecule has 0 aliphatic heterocycles. The van der Waals surface area contributed by atoms with E-state index in [0.717, 1.165) is 52.8 Å². The Hall–Kier alpha value is -1.85. The Morgan fingerprint density at radius 3 is 2.26 bits per heavy atom. The topological polar surface area (TPSA) is 39.7 Å². The highest BCUT2D eigenvalue weighted by atomic mass is 32.1. The zero-order valence-electron chi connectivity index (χ0n) is 13.8. The van der Waals surface area contributed by atoms with E-state index in [1.165, 1.54) is 0 Å². The first-order chi connectivity index (χ1) is 11.2. The number of hydrogen-bond donors (Lipinski definition) is 2. The van der Waals surface area contributed by atoms with E-state index < -0.39 is 0 Å². The third-order valence-corrected chi connectivity index (χ3v) is 4.01. The lowest BCUT2D eigenvalue weighted by molar-refractivity contribution is 0.390. The number of ether oxygens (including phenoxy) is 3. The van der Waals surface area contributed by atoms with Crippen molar-refractivity contribution in [3.05, 3.63) is 47.5 Å². The Labute approximate surface area is 143 Å². The molecule has 2 rings (SSSR count). The van der Waals surface area contributed by atoms with E-state index in [1.807, 2.05) is 30.3 Å². The van der Waals surface area contributed by atoms with Gasteiger partial charge in [0.1, 0.15) is 17.2 Å². The minimum absolute atomic E-state index is 0.758. The molecular weight excluding hydrogens is 310 g/mol. The van der Waals surface area contributed by atoms with E-state index in [-0.39, 0.29) is 0 Å². The monoisotopic (exact) mass is 333 g/mol. The van der Waals surface area contributed by atoms with E-state index in [2.05, 4.69) is 24.0 Å². The lowest BCUT2D eigenvalue weighted by Gasteiger charge is -2.13. The van der Waals surface area contributed by atoms with Crippen LogP contribution >= 0.6 is 12.6 Å². The van der Waals surface area contributed by atoms with Crippen molar-refractivity contribution < 1.29 is 14.2 Å². The lowest BCUT2D eigenvalue weighted by Crippen LogP contribution is -2.17. The van der Waals surface area contributed by atoms with E-state index >= 15 is 0 Å². The maximum Gasteiger partial charge on any atom is 0.132 e. The van der Waals surface area contributed by atoms with Crippen LogP contribution in [0.4, 0.5) is 0 Å². The fourth-order valence-electron chi connectivity index (χ4n) is 2.44. The highest BCUT2D eigenvalue weighted by Gasteiger charge is 2.09. The van der Waals surface area contributed by atoms with Crippen molar-refractivity contribution in [3.8, 4) is 17.2 Å². The van der Waals surface area contributed by atoms with Crippen molar-refractivity contribution in [2.24, 2.45) is 0 Å². The van der Waals surface area contributed by atoms with Gasteiger partial charge in [-0.05, 0) is 36.7 Å². The quantitative estimate of drug-likeness (QED) is 0.574. The average Bonchev–Trinajstić information content (AvgIpc) is 2.59. The van der Waals surface area contributed by atoms with Crippen LogP contribution in [0.25, 0.3) is 0 Å². The van der Waals surface area contributed by atoms with Gasteiger partial charge in [-0.15, -0.1) is 12.6 Å². The molecule has 0 aliphatic rings. The normalized spacial score (nSPS) is 10.4. The molecule has 0 unspecified atom stereocenters. The second-order valence-corrected chi connectivity index (χ2v) is 5.56. The van der Waals surface area contributed by atoms with Gasteiger partial charge in [0, 0.05) is 17.0 Å². The fourth-order valence-corrected chi connectivity index (χ4v) is 2.71. The molecular formula is C18H23NO3S. The van der Waals surface area contributed by atoms with Gasteiger partial charge in [-0.2, -0.15) is 0 Å². The number of thiol groups is 1. The van der Waals surface area contributed by atoms with Gasteiger partial charge in [-0.1, -0.05) is 18.2 Å². The smallest absolute Gasteiger partial charge is 0.132 e. The van der Waals surface area contributed by atoms with Gasteiger partial charge < -0.3 is 19.5 Å². The molecule has 0 aromatic heterocycles. The van der Waals surface area contributed by atoms with E-state index in [9.17, 15) is 0 Å². The van der Waals surface area contributed by atoms with Crippen molar-refractivity contribution in [1.82, 2.24) is 5.32 Å². The molecule has 2 aromatic carbocycles. The summed E-state index contributed by atoms with van der Waals surface area (Å²) in [6.07, 6.45) is 0.836. The van der Waals surface area contributed by atoms with Crippen molar-refractivity contribution in [3.63, 3.8) is 0 Å². The summed E-state index contributed by atoms with van der Waals surface area (Å²) in [7, 11) is 5.00. The number of rotatable bonds is 8. The highest BCUT2D eigenvalue weighted by Crippen LogP contribution is 2.31. The maximum atomic E-state index is 5.43. The van der Waals surface area contributed by atoms with Gasteiger partial charge in [0.05, 0.1) is 21.3 Å². The zero-order chi connectivity index (χ0) is 16.7. The number of hydrogen-bond acceptors (Lipinski definition) is 5. The van der Waals surface area contributed by atoms with E-state index in [1.54, 1.807) is 21.3 Å². The first-order valence-electron chi connectivity index (χ1n) is 7.46. The summed E-state index contributed by atoms with van der Waals surface area (Å²) in [5.74, 6) is 2.49. The molecule has 0 bridgehead atoms. The number of nitrogens with one attached hydrogen (secondary N) is 1. The van der Waals surface area contributed by atoms with Gasteiger partial charge >= 0.3 is 0 Å². The summed E-state index contributed by atoms with van der Waals surface area (Å²) in [5.41, 5.74) is 2.24. The molecule has 23 heavy (non-hydrogen) atoms. The molecule has 5 heteroatoms. The van der Waals surface area contributed by atoms with Crippen LogP contribution in [0, 0.1) is 0 Å². The molecule has 2 aromatic rings. The molecule has 0 radical (unpaired) electrons. The standard InChI is InChI=1S/C18H23NO3S/c1-20-15-7-5-4-6-14(15)12-19-9-8-13-10-17(22-3)18(23)11-16(13)21-2/h4-7,10-11,19,23H,8-9,12H2,1-3H3. The molecule has 1 N–H and O–H groups in total. The third-order valence-electron chi connectivity index (χ3n) is 3.66. The highest BCUT2D eigenvalue weighted by molar-refractivity contribution is 7.80. The Morgan fingerprint density at radius 2 is 1.57 bits per heavy atom. The van der Waals surface area contributed by atoms with Crippen molar-refractivity contribution in [2.75, 3.05) is 27.9 Å². The van der Waals surface area contributed by atoms with Crippen molar-refractivity contribution in [1.29, 1.82) is 0 Å². The van der Waals surface area contributed by atoms with Gasteiger partial charge in [0.15, 0.2) is 0 Å². The largest absolute Gasteiger partial charge is 0.496 e. The summed E-state index contributed by atoms with van der Waals surface area (Å²) in [6.45, 7) is 1.58. The maximum absolute atomic E-state index is 5.43. The summed E-state index contributed by atoms with van der Waals surface area (Å²) < 4.78 is 16.1. The molecule has 0 saturated heterocycles. The van der Waals surface area contributed by atoms with Gasteiger partial charge in [-0.25, -0.2) is 0 Å². The molecule has 0 amide bonds. The molecule has 0 saturated carbocycles. The number of benzene rings is 2. The SMILES string of the molecule is COc1cc(CCNCc2ccccc2OC)c(OC)cc1S. The fraction of sp³-hybridized carbons (Fsp3) is 0.333. The predicted molar refractivity (Wildman–Crippen MR) is 95.2 cm³/mol. The van der Waals surface area contributed by atoms with Crippen LogP contribution in [0.15, 0.2) is 41.3 Å². The molecule has 0 fully saturated rings. The van der Waals surface area contributed by atoms with Crippen LogP contribution < -0.4 is 19.5 Å². The number of para-hydroxylation sites is 1. The Balaban J connectivity index is 1.96. The Bertz CT molecular complexity index is 646. The second-order valence-electron chi connectivity index (χ2n) is 5.07. The van der Waals surface area contributed by atoms with Crippen LogP contribution in [0.1, 0.15) is 11.1 Å². The molecule has 0 heterocycles. The van der Waals surface area contributed by atoms with Crippen LogP contribution in [-0.2, 0) is 13.0 Å². The summed E-state index contributed by atoms with van der Waals surface area (Å²) in [6, 6.07) is 11.9. The first kappa shape index (κ1) is 17.5. The molecule has 0 aliphatic carbocycles. The van der Waals surface area contributed by atoms with Crippen molar-refractivity contribution >= 4 is 12.6 Å². The predicted octanol–water partition coefficient (Wildman–Crippen LogP) is 3.33. The second kappa shape index (κ2) is 8.70. The first-order valence-corrected chi connectivity index (χ1v) is 7.90. The molecule has 124 valence electrons. The minimum atomic E-state index is 0.758. The minimum Gasteiger partial charge on any atom is -0.496 e. The zero-order valence-corrected chi connectivity index (χ0v) is 14.7. The Kier molecular flexibility index (Phi) is 6.62. The van der Waals surface area contributed by atoms with Crippen LogP contribution in [-0.4, -0.2) is 27.9 Å². The summed E-state index contributed by atoms with van der Waals surface area (Å²) in [4.78, 5) is 0.773. The lowest BCUT2D eigenvalue weighted by atomic mass is 10.1. The van der Waals surface area contributed by atoms with Crippen LogP contribution in [0.2, 0.25) is 0 Å². The van der Waals surface area contributed by atoms with Crippen LogP contribution in [0.3, 0.4) is 0 Å². The van der Waals surface area contributed by atoms with Crippen LogP contribution in [0.5, 0.6) is 17.2 Å². The van der Waals surface area contributed by atoms with Crippen molar-refractivity contribution in [2.45, 2.75) is 17.9 Å². The average molecular weight is 333 g/mol. The Morgan fingerprint density at radius 1 is 0.870 bits per heavy atom. The van der Waals surface area contributed by atoms with E-state index in [0.29, 0.717) is 0 Å². The van der Waals surface area contributed by atoms with Gasteiger partial charge in [0.25, 0.3) is 0 Å². The molecule has 4 nitrogen and oxygen atoms in total. The molecule has 0 spiro atoms. The number of methoxy groups -OCH3 is 3. The third kappa shape index (κ3) is 4.56. The van der Waals surface area contributed by atoms with E-state index in [4.69, 9.17) is 14.2 Å². The molecule has 0 atom stereocenters. The summed E-state index contributed by atoms with van der Waals surface area (Å²) in [5, 5.41) is 3.43. The summed E-state index contributed by atoms with van der Waals surface area (Å²) >= 11 is 4.39.